The molecular formula is C28H40F2O6. The number of hydrogen-bond acceptors (Lipinski definition) is 6. The van der Waals surface area contributed by atoms with E-state index in [1.54, 1.807) is 19.1 Å². The highest BCUT2D eigenvalue weighted by atomic mass is 19.1. The topological polar surface area (TPSA) is 121 Å². The van der Waals surface area contributed by atoms with Gasteiger partial charge in [-0.1, -0.05) is 58.9 Å². The van der Waals surface area contributed by atoms with Gasteiger partial charge in [-0.3, -0.25) is 0 Å². The van der Waals surface area contributed by atoms with Crippen molar-refractivity contribution in [3.05, 3.63) is 70.3 Å². The average molecular weight is 511 g/mol. The molecule has 0 bridgehead atoms. The van der Waals surface area contributed by atoms with Crippen molar-refractivity contribution in [2.45, 2.75) is 95.2 Å². The summed E-state index contributed by atoms with van der Waals surface area (Å²) in [6, 6.07) is 8.68. The monoisotopic (exact) mass is 510 g/mol. The molecule has 0 saturated heterocycles. The van der Waals surface area contributed by atoms with Crippen molar-refractivity contribution in [3.8, 4) is 0 Å². The Morgan fingerprint density at radius 2 is 1.22 bits per heavy atom. The summed E-state index contributed by atoms with van der Waals surface area (Å²) in [6.45, 7) is 7.94. The molecule has 36 heavy (non-hydrogen) atoms. The highest BCUT2D eigenvalue weighted by molar-refractivity contribution is 5.30. The molecule has 8 heteroatoms. The van der Waals surface area contributed by atoms with Gasteiger partial charge in [-0.05, 0) is 52.6 Å². The largest absolute Gasteiger partial charge is 0.394 e. The van der Waals surface area contributed by atoms with Crippen molar-refractivity contribution in [2.24, 2.45) is 0 Å². The van der Waals surface area contributed by atoms with Gasteiger partial charge >= 0.3 is 0 Å². The lowest BCUT2D eigenvalue weighted by Crippen LogP contribution is -2.66. The second-order valence-corrected chi connectivity index (χ2v) is 10.4. The van der Waals surface area contributed by atoms with Crippen LogP contribution >= 0.6 is 0 Å². The first-order chi connectivity index (χ1) is 16.7. The maximum Gasteiger partial charge on any atom is 0.126 e. The zero-order valence-electron chi connectivity index (χ0n) is 21.6. The molecule has 0 fully saturated rings. The van der Waals surface area contributed by atoms with Gasteiger partial charge < -0.3 is 30.6 Å². The molecule has 202 valence electrons. The second kappa shape index (κ2) is 12.1. The van der Waals surface area contributed by atoms with Crippen molar-refractivity contribution in [1.29, 1.82) is 0 Å². The summed E-state index contributed by atoms with van der Waals surface area (Å²) in [5, 5.41) is 64.6. The maximum absolute atomic E-state index is 14.6. The van der Waals surface area contributed by atoms with Crippen molar-refractivity contribution in [2.75, 3.05) is 6.61 Å². The molecular weight excluding hydrogens is 470 g/mol. The quantitative estimate of drug-likeness (QED) is 0.261. The maximum atomic E-state index is 14.6. The van der Waals surface area contributed by atoms with E-state index >= 15 is 0 Å². The van der Waals surface area contributed by atoms with Crippen molar-refractivity contribution in [3.63, 3.8) is 0 Å². The van der Waals surface area contributed by atoms with E-state index in [-0.39, 0.29) is 30.2 Å². The van der Waals surface area contributed by atoms with Gasteiger partial charge in [0.25, 0.3) is 0 Å². The minimum Gasteiger partial charge on any atom is -0.394 e. The summed E-state index contributed by atoms with van der Waals surface area (Å²) in [4.78, 5) is 0. The smallest absolute Gasteiger partial charge is 0.126 e. The van der Waals surface area contributed by atoms with Crippen LogP contribution in [0.3, 0.4) is 0 Å². The molecule has 0 aromatic heterocycles. The predicted octanol–water partition coefficient (Wildman–Crippen LogP) is 2.94. The van der Waals surface area contributed by atoms with E-state index in [0.717, 1.165) is 6.07 Å². The standard InChI is InChI=1S/C28H40F2O6/c1-6-27(35,13-18-7-9-20(16(2)3)22(29)11-18)26(34)28(36,25(33)24(32)15-31)14-19-8-10-21(17(4)5)23(30)12-19/h7-12,16-17,24-26,31-36H,6,13-15H2,1-5H3/t24-,25+,26+,27?,28+/m0/s1. The third-order valence-corrected chi connectivity index (χ3v) is 7.03. The van der Waals surface area contributed by atoms with Gasteiger partial charge in [-0.15, -0.1) is 0 Å². The Balaban J connectivity index is 2.49. The third-order valence-electron chi connectivity index (χ3n) is 7.03. The molecule has 0 aliphatic heterocycles. The number of hydrogen-bond donors (Lipinski definition) is 6. The van der Waals surface area contributed by atoms with E-state index in [1.165, 1.54) is 18.2 Å². The number of benzene rings is 2. The first kappa shape index (κ1) is 30.3. The van der Waals surface area contributed by atoms with E-state index in [4.69, 9.17) is 0 Å². The van der Waals surface area contributed by atoms with Crippen molar-refractivity contribution < 1.29 is 39.4 Å². The van der Waals surface area contributed by atoms with E-state index in [2.05, 4.69) is 0 Å². The number of aliphatic hydroxyl groups is 6. The van der Waals surface area contributed by atoms with Crippen molar-refractivity contribution >= 4 is 0 Å². The van der Waals surface area contributed by atoms with Gasteiger partial charge in [0.05, 0.1) is 12.2 Å². The SMILES string of the molecule is CCC(O)(Cc1ccc(C(C)C)c(F)c1)[C@@H](O)[C@@](O)(Cc1ccc(C(C)C)c(F)c1)[C@H](O)[C@@H](O)CO. The summed E-state index contributed by atoms with van der Waals surface area (Å²) in [6.07, 6.45) is -6.93. The molecule has 0 radical (unpaired) electrons. The third kappa shape index (κ3) is 6.49. The molecule has 0 saturated carbocycles. The van der Waals surface area contributed by atoms with E-state index < -0.39 is 54.2 Å². The van der Waals surface area contributed by atoms with Gasteiger partial charge in [0.2, 0.25) is 0 Å². The lowest BCUT2D eigenvalue weighted by atomic mass is 9.72. The van der Waals surface area contributed by atoms with E-state index in [0.29, 0.717) is 16.7 Å². The number of rotatable bonds is 12. The lowest BCUT2D eigenvalue weighted by Gasteiger charge is -2.46. The molecule has 0 aliphatic rings. The fraction of sp³-hybridized carbons (Fsp3) is 0.571. The summed E-state index contributed by atoms with van der Waals surface area (Å²) in [5.74, 6) is -1.17. The van der Waals surface area contributed by atoms with Crippen LogP contribution in [0.2, 0.25) is 0 Å². The van der Waals surface area contributed by atoms with Gasteiger partial charge in [0.15, 0.2) is 0 Å². The van der Waals surface area contributed by atoms with Gasteiger partial charge in [0, 0.05) is 12.8 Å². The Morgan fingerprint density at radius 3 is 1.58 bits per heavy atom. The molecule has 2 rings (SSSR count). The van der Waals surface area contributed by atoms with Crippen LogP contribution in [0.5, 0.6) is 0 Å². The second-order valence-electron chi connectivity index (χ2n) is 10.4. The minimum atomic E-state index is -2.59. The molecule has 0 heterocycles. The van der Waals surface area contributed by atoms with Crippen molar-refractivity contribution in [1.82, 2.24) is 0 Å². The Labute approximate surface area is 211 Å². The normalized spacial score (nSPS) is 18.1. The van der Waals surface area contributed by atoms with Gasteiger partial charge in [-0.25, -0.2) is 8.78 Å². The molecule has 2 aromatic carbocycles. The summed E-state index contributed by atoms with van der Waals surface area (Å²) < 4.78 is 29.2. The first-order valence-electron chi connectivity index (χ1n) is 12.4. The molecule has 0 aliphatic carbocycles. The summed E-state index contributed by atoms with van der Waals surface area (Å²) in [7, 11) is 0. The van der Waals surface area contributed by atoms with Gasteiger partial charge in [-0.2, -0.15) is 0 Å². The minimum absolute atomic E-state index is 0.0580. The zero-order chi connectivity index (χ0) is 27.4. The van der Waals surface area contributed by atoms with Crippen LogP contribution in [0, 0.1) is 11.6 Å². The van der Waals surface area contributed by atoms with Crippen LogP contribution < -0.4 is 0 Å². The Bertz CT molecular complexity index is 1010. The molecule has 1 unspecified atom stereocenters. The summed E-state index contributed by atoms with van der Waals surface area (Å²) >= 11 is 0. The van der Waals surface area contributed by atoms with Crippen LogP contribution in [0.25, 0.3) is 0 Å². The fourth-order valence-corrected chi connectivity index (χ4v) is 4.65. The highest BCUT2D eigenvalue weighted by Gasteiger charge is 2.53. The molecule has 0 amide bonds. The Morgan fingerprint density at radius 1 is 0.778 bits per heavy atom. The zero-order valence-corrected chi connectivity index (χ0v) is 21.6. The molecule has 5 atom stereocenters. The fourth-order valence-electron chi connectivity index (χ4n) is 4.65. The lowest BCUT2D eigenvalue weighted by molar-refractivity contribution is -0.229. The average Bonchev–Trinajstić information content (AvgIpc) is 2.81. The van der Waals surface area contributed by atoms with Crippen LogP contribution in [-0.4, -0.2) is 66.8 Å². The molecule has 6 N–H and O–H groups in total. The number of aliphatic hydroxyl groups excluding tert-OH is 4. The predicted molar refractivity (Wildman–Crippen MR) is 134 cm³/mol. The van der Waals surface area contributed by atoms with Crippen LogP contribution in [0.1, 0.15) is 75.1 Å². The first-order valence-corrected chi connectivity index (χ1v) is 12.4. The van der Waals surface area contributed by atoms with Gasteiger partial charge in [0.1, 0.15) is 35.5 Å². The van der Waals surface area contributed by atoms with Crippen LogP contribution in [0.15, 0.2) is 36.4 Å². The Kier molecular flexibility index (Phi) is 10.2. The highest BCUT2D eigenvalue weighted by Crippen LogP contribution is 2.35. The van der Waals surface area contributed by atoms with E-state index in [9.17, 15) is 39.4 Å². The molecule has 2 aromatic rings. The molecule has 0 spiro atoms. The summed E-state index contributed by atoms with van der Waals surface area (Å²) in [5.41, 5.74) is -3.16. The van der Waals surface area contributed by atoms with Crippen LogP contribution in [0.4, 0.5) is 8.78 Å². The Hall–Kier alpha value is -1.94. The van der Waals surface area contributed by atoms with Crippen LogP contribution in [-0.2, 0) is 12.8 Å². The van der Waals surface area contributed by atoms with E-state index in [1.807, 2.05) is 27.7 Å². The molecule has 6 nitrogen and oxygen atoms in total. The number of halogens is 2.